The number of phenols is 1. The summed E-state index contributed by atoms with van der Waals surface area (Å²) in [6.45, 7) is 4.63. The fourth-order valence-corrected chi connectivity index (χ4v) is 3.75. The molecule has 8 heteroatoms. The summed E-state index contributed by atoms with van der Waals surface area (Å²) in [6.07, 6.45) is -0.00375. The summed E-state index contributed by atoms with van der Waals surface area (Å²) in [5.74, 6) is -0.934. The second-order valence-corrected chi connectivity index (χ2v) is 8.42. The van der Waals surface area contributed by atoms with Crippen LogP contribution in [0.5, 0.6) is 17.2 Å². The number of ether oxygens (including phenoxy) is 2. The van der Waals surface area contributed by atoms with Crippen molar-refractivity contribution < 1.29 is 29.3 Å². The number of Topliss-reactive ketones (excluding diaryl/α,β-unsaturated/α-hetero) is 1. The molecule has 0 spiro atoms. The topological polar surface area (TPSA) is 99.5 Å². The van der Waals surface area contributed by atoms with Crippen LogP contribution in [-0.2, 0) is 9.59 Å². The molecule has 2 N–H and O–H groups in total. The maximum atomic E-state index is 13.1. The van der Waals surface area contributed by atoms with Crippen molar-refractivity contribution in [1.82, 2.24) is 9.80 Å². The minimum atomic E-state index is -0.828. The smallest absolute Gasteiger partial charge is 0.295 e. The molecule has 0 bridgehead atoms. The minimum Gasteiger partial charge on any atom is -0.507 e. The van der Waals surface area contributed by atoms with Crippen LogP contribution in [0, 0.1) is 0 Å². The molecule has 1 aliphatic rings. The van der Waals surface area contributed by atoms with Gasteiger partial charge in [-0.15, -0.1) is 0 Å². The van der Waals surface area contributed by atoms with Crippen LogP contribution in [0.25, 0.3) is 5.76 Å². The number of hydrogen-bond donors (Lipinski definition) is 2. The van der Waals surface area contributed by atoms with Crippen LogP contribution in [-0.4, -0.2) is 72.1 Å². The predicted molar refractivity (Wildman–Crippen MR) is 124 cm³/mol. The zero-order chi connectivity index (χ0) is 24.3. The summed E-state index contributed by atoms with van der Waals surface area (Å²) in [6, 6.07) is 10.5. The Bertz CT molecular complexity index is 1060. The van der Waals surface area contributed by atoms with Crippen molar-refractivity contribution in [1.29, 1.82) is 0 Å². The van der Waals surface area contributed by atoms with Crippen LogP contribution in [0.15, 0.2) is 48.0 Å². The first-order chi connectivity index (χ1) is 15.6. The van der Waals surface area contributed by atoms with Crippen molar-refractivity contribution in [3.05, 3.63) is 59.2 Å². The number of aliphatic hydroxyl groups is 1. The number of hydrogen-bond acceptors (Lipinski definition) is 7. The van der Waals surface area contributed by atoms with Gasteiger partial charge in [-0.25, -0.2) is 0 Å². The molecule has 1 atom stereocenters. The maximum absolute atomic E-state index is 13.1. The fraction of sp³-hybridized carbons (Fsp3) is 0.360. The van der Waals surface area contributed by atoms with Gasteiger partial charge in [0.1, 0.15) is 11.5 Å². The summed E-state index contributed by atoms with van der Waals surface area (Å²) in [5, 5.41) is 21.2. The van der Waals surface area contributed by atoms with Gasteiger partial charge >= 0.3 is 0 Å². The number of rotatable bonds is 8. The molecule has 3 rings (SSSR count). The van der Waals surface area contributed by atoms with E-state index in [-0.39, 0.29) is 35.5 Å². The number of aliphatic hydroxyl groups excluding tert-OH is 1. The number of nitrogens with zero attached hydrogens (tertiary/aromatic N) is 2. The third-order valence-corrected chi connectivity index (χ3v) is 5.35. The number of likely N-dealkylation sites (N-methyl/N-ethyl adjacent to an activating group) is 1. The van der Waals surface area contributed by atoms with Crippen LogP contribution in [0.1, 0.15) is 31.0 Å². The number of amides is 1. The standard InChI is InChI=1S/C25H30N2O6/c1-15(2)33-18-9-6-16(7-10-18)23(29)21-22(17-8-11-19(28)20(14-17)32-5)27(13-12-26(3)4)25(31)24(21)30/h6-11,14-15,22,28-29H,12-13H2,1-5H3/t22-/m0/s1. The number of phenolic OH excluding ortho intramolecular Hbond substituents is 1. The lowest BCUT2D eigenvalue weighted by atomic mass is 9.95. The van der Waals surface area contributed by atoms with E-state index in [1.807, 2.05) is 32.8 Å². The Hall–Kier alpha value is -3.52. The Labute approximate surface area is 193 Å². The second-order valence-electron chi connectivity index (χ2n) is 8.42. The molecule has 1 amide bonds. The zero-order valence-corrected chi connectivity index (χ0v) is 19.5. The second kappa shape index (κ2) is 9.95. The van der Waals surface area contributed by atoms with Crippen LogP contribution in [0.2, 0.25) is 0 Å². The fourth-order valence-electron chi connectivity index (χ4n) is 3.75. The zero-order valence-electron chi connectivity index (χ0n) is 19.5. The van der Waals surface area contributed by atoms with Gasteiger partial charge in [0.15, 0.2) is 11.5 Å². The lowest BCUT2D eigenvalue weighted by Crippen LogP contribution is -2.35. The third-order valence-electron chi connectivity index (χ3n) is 5.35. The summed E-state index contributed by atoms with van der Waals surface area (Å²) in [5.41, 5.74) is 0.931. The highest BCUT2D eigenvalue weighted by molar-refractivity contribution is 6.46. The Morgan fingerprint density at radius 1 is 1.12 bits per heavy atom. The SMILES string of the molecule is COc1cc([C@H]2C(=C(O)c3ccc(OC(C)C)cc3)C(=O)C(=O)N2CCN(C)C)ccc1O. The number of aromatic hydroxyl groups is 1. The van der Waals surface area contributed by atoms with E-state index in [1.54, 1.807) is 36.4 Å². The molecule has 2 aromatic carbocycles. The Balaban J connectivity index is 2.11. The minimum absolute atomic E-state index is 0.00375. The number of carbonyl (C=O) groups is 2. The van der Waals surface area contributed by atoms with Crippen LogP contribution in [0.4, 0.5) is 0 Å². The molecule has 1 aliphatic heterocycles. The average molecular weight is 455 g/mol. The number of benzene rings is 2. The van der Waals surface area contributed by atoms with E-state index < -0.39 is 17.7 Å². The van der Waals surface area contributed by atoms with Crippen molar-refractivity contribution in [2.45, 2.75) is 26.0 Å². The van der Waals surface area contributed by atoms with E-state index in [0.29, 0.717) is 23.4 Å². The van der Waals surface area contributed by atoms with Crippen LogP contribution < -0.4 is 9.47 Å². The van der Waals surface area contributed by atoms with E-state index in [0.717, 1.165) is 0 Å². The number of likely N-dealkylation sites (tertiary alicyclic amines) is 1. The van der Waals surface area contributed by atoms with Gasteiger partial charge in [0.2, 0.25) is 0 Å². The molecule has 8 nitrogen and oxygen atoms in total. The van der Waals surface area contributed by atoms with Crippen LogP contribution in [0.3, 0.4) is 0 Å². The highest BCUT2D eigenvalue weighted by Gasteiger charge is 2.46. The molecule has 176 valence electrons. The van der Waals surface area contributed by atoms with Crippen molar-refractivity contribution in [2.75, 3.05) is 34.3 Å². The first kappa shape index (κ1) is 24.1. The molecular formula is C25H30N2O6. The van der Waals surface area contributed by atoms with Gasteiger partial charge in [-0.05, 0) is 69.9 Å². The maximum Gasteiger partial charge on any atom is 0.295 e. The normalized spacial score (nSPS) is 17.8. The number of methoxy groups -OCH3 is 1. The highest BCUT2D eigenvalue weighted by atomic mass is 16.5. The third kappa shape index (κ3) is 5.12. The molecule has 2 aromatic rings. The quantitative estimate of drug-likeness (QED) is 0.359. The monoisotopic (exact) mass is 454 g/mol. The van der Waals surface area contributed by atoms with Gasteiger partial charge in [0.05, 0.1) is 24.8 Å². The van der Waals surface area contributed by atoms with Gasteiger partial charge in [-0.3, -0.25) is 9.59 Å². The predicted octanol–water partition coefficient (Wildman–Crippen LogP) is 3.17. The van der Waals surface area contributed by atoms with Gasteiger partial charge in [0, 0.05) is 18.7 Å². The Morgan fingerprint density at radius 3 is 2.36 bits per heavy atom. The molecule has 0 radical (unpaired) electrons. The van der Waals surface area contributed by atoms with Gasteiger partial charge in [-0.2, -0.15) is 0 Å². The van der Waals surface area contributed by atoms with Crippen molar-refractivity contribution >= 4 is 17.4 Å². The summed E-state index contributed by atoms with van der Waals surface area (Å²) < 4.78 is 10.9. The molecule has 0 saturated carbocycles. The summed E-state index contributed by atoms with van der Waals surface area (Å²) in [4.78, 5) is 29.4. The van der Waals surface area contributed by atoms with E-state index in [1.165, 1.54) is 18.1 Å². The van der Waals surface area contributed by atoms with Gasteiger partial charge in [-0.1, -0.05) is 6.07 Å². The molecule has 1 fully saturated rings. The highest BCUT2D eigenvalue weighted by Crippen LogP contribution is 2.41. The lowest BCUT2D eigenvalue weighted by molar-refractivity contribution is -0.140. The Kier molecular flexibility index (Phi) is 7.28. The molecule has 1 heterocycles. The van der Waals surface area contributed by atoms with Crippen molar-refractivity contribution in [3.63, 3.8) is 0 Å². The van der Waals surface area contributed by atoms with E-state index in [9.17, 15) is 19.8 Å². The first-order valence-electron chi connectivity index (χ1n) is 10.7. The van der Waals surface area contributed by atoms with E-state index in [4.69, 9.17) is 9.47 Å². The molecule has 0 aliphatic carbocycles. The van der Waals surface area contributed by atoms with E-state index >= 15 is 0 Å². The summed E-state index contributed by atoms with van der Waals surface area (Å²) in [7, 11) is 5.16. The molecule has 0 unspecified atom stereocenters. The van der Waals surface area contributed by atoms with Gasteiger partial charge in [0.25, 0.3) is 11.7 Å². The molecular weight excluding hydrogens is 424 g/mol. The number of carbonyl (C=O) groups excluding carboxylic acids is 2. The first-order valence-corrected chi connectivity index (χ1v) is 10.7. The summed E-state index contributed by atoms with van der Waals surface area (Å²) >= 11 is 0. The van der Waals surface area contributed by atoms with Crippen molar-refractivity contribution in [3.8, 4) is 17.2 Å². The lowest BCUT2D eigenvalue weighted by Gasteiger charge is -2.27. The van der Waals surface area contributed by atoms with Gasteiger partial charge < -0.3 is 29.5 Å². The van der Waals surface area contributed by atoms with Crippen LogP contribution >= 0.6 is 0 Å². The van der Waals surface area contributed by atoms with E-state index in [2.05, 4.69) is 0 Å². The molecule has 33 heavy (non-hydrogen) atoms. The largest absolute Gasteiger partial charge is 0.507 e. The molecule has 1 saturated heterocycles. The molecule has 0 aromatic heterocycles. The average Bonchev–Trinajstić information content (AvgIpc) is 3.02. The number of ketones is 1. The Morgan fingerprint density at radius 2 is 1.79 bits per heavy atom. The van der Waals surface area contributed by atoms with Crippen molar-refractivity contribution in [2.24, 2.45) is 0 Å².